The molecule has 3 rings (SSSR count). The first-order valence-corrected chi connectivity index (χ1v) is 8.15. The lowest BCUT2D eigenvalue weighted by molar-refractivity contribution is -0.153. The van der Waals surface area contributed by atoms with Gasteiger partial charge in [0.25, 0.3) is 0 Å². The summed E-state index contributed by atoms with van der Waals surface area (Å²) in [5.74, 6) is -1.40. The van der Waals surface area contributed by atoms with Crippen LogP contribution in [0.25, 0.3) is 0 Å². The van der Waals surface area contributed by atoms with Crippen LogP contribution in [0.15, 0.2) is 45.8 Å². The van der Waals surface area contributed by atoms with Crippen LogP contribution in [0.2, 0.25) is 0 Å². The molecule has 0 aromatic carbocycles. The number of aliphatic hydroxyl groups is 1. The van der Waals surface area contributed by atoms with Gasteiger partial charge in [-0.05, 0) is 25.1 Å². The molecule has 0 saturated carbocycles. The summed E-state index contributed by atoms with van der Waals surface area (Å²) in [6, 6.07) is 3.96. The van der Waals surface area contributed by atoms with Crippen molar-refractivity contribution in [1.29, 1.82) is 0 Å². The number of rotatable bonds is 5. The molecular weight excluding hydrogens is 342 g/mol. The normalized spacial score (nSPS) is 17.3. The highest BCUT2D eigenvalue weighted by molar-refractivity contribution is 6.38. The van der Waals surface area contributed by atoms with Crippen LogP contribution in [0, 0.1) is 0 Å². The van der Waals surface area contributed by atoms with E-state index < -0.39 is 23.4 Å². The van der Waals surface area contributed by atoms with Gasteiger partial charge in [-0.25, -0.2) is 4.79 Å². The molecule has 1 unspecified atom stereocenters. The van der Waals surface area contributed by atoms with Crippen molar-refractivity contribution in [2.45, 2.75) is 12.5 Å². The minimum atomic E-state index is -1.68. The molecule has 2 N–H and O–H groups in total. The molecule has 2 aromatic rings. The highest BCUT2D eigenvalue weighted by Gasteiger charge is 2.39. The van der Waals surface area contributed by atoms with E-state index in [0.717, 1.165) is 4.90 Å². The van der Waals surface area contributed by atoms with Gasteiger partial charge in [-0.3, -0.25) is 14.5 Å². The van der Waals surface area contributed by atoms with Gasteiger partial charge >= 0.3 is 17.8 Å². The minimum absolute atomic E-state index is 0.0924. The highest BCUT2D eigenvalue weighted by atomic mass is 16.4. The maximum atomic E-state index is 12.4. The number of nitrogens with zero attached hydrogens (tertiary/aromatic N) is 2. The number of hydrogen-bond acceptors (Lipinski definition) is 6. The second-order valence-corrected chi connectivity index (χ2v) is 5.85. The standard InChI is InChI=1S/C17H19N3O6/c1-2-19-6-7-20(15(22)14(19)21)16(23)18-11-17(24,12-5-9-25-10-12)13-4-3-8-26-13/h3-5,8-10,24H,2,6-7,11H2,1H3,(H,18,23). The molecule has 1 atom stereocenters. The summed E-state index contributed by atoms with van der Waals surface area (Å²) in [6.45, 7) is 2.26. The summed E-state index contributed by atoms with van der Waals surface area (Å²) < 4.78 is 10.3. The van der Waals surface area contributed by atoms with Gasteiger partial charge in [0.2, 0.25) is 0 Å². The zero-order valence-electron chi connectivity index (χ0n) is 14.2. The lowest BCUT2D eigenvalue weighted by Crippen LogP contribution is -2.59. The average molecular weight is 361 g/mol. The summed E-state index contributed by atoms with van der Waals surface area (Å²) in [5, 5.41) is 13.5. The molecule has 9 heteroatoms. The Kier molecular flexibility index (Phi) is 4.81. The summed E-state index contributed by atoms with van der Waals surface area (Å²) in [5.41, 5.74) is -1.30. The number of carbonyl (C=O) groups is 3. The molecule has 2 aromatic heterocycles. The van der Waals surface area contributed by atoms with Gasteiger partial charge in [0.1, 0.15) is 5.76 Å². The van der Waals surface area contributed by atoms with Crippen molar-refractivity contribution in [2.24, 2.45) is 0 Å². The molecule has 0 spiro atoms. The molecule has 138 valence electrons. The first kappa shape index (κ1) is 17.7. The van der Waals surface area contributed by atoms with Gasteiger partial charge in [-0.2, -0.15) is 0 Å². The Bertz CT molecular complexity index is 749. The number of hydrogen-bond donors (Lipinski definition) is 2. The molecule has 1 aliphatic heterocycles. The van der Waals surface area contributed by atoms with E-state index in [1.165, 1.54) is 23.7 Å². The van der Waals surface area contributed by atoms with Gasteiger partial charge in [-0.15, -0.1) is 0 Å². The molecule has 9 nitrogen and oxygen atoms in total. The Morgan fingerprint density at radius 1 is 1.27 bits per heavy atom. The van der Waals surface area contributed by atoms with Crippen LogP contribution in [0.1, 0.15) is 18.2 Å². The van der Waals surface area contributed by atoms with Crippen LogP contribution < -0.4 is 5.32 Å². The van der Waals surface area contributed by atoms with Crippen molar-refractivity contribution in [2.75, 3.05) is 26.2 Å². The van der Waals surface area contributed by atoms with Gasteiger partial charge in [0.15, 0.2) is 5.60 Å². The van der Waals surface area contributed by atoms with E-state index in [0.29, 0.717) is 12.1 Å². The average Bonchev–Trinajstić information content (AvgIpc) is 3.35. The minimum Gasteiger partial charge on any atom is -0.472 e. The fraction of sp³-hybridized carbons (Fsp3) is 0.353. The SMILES string of the molecule is CCN1CCN(C(=O)NCC(O)(c2ccoc2)c2ccco2)C(=O)C1=O. The lowest BCUT2D eigenvalue weighted by atomic mass is 9.93. The van der Waals surface area contributed by atoms with Crippen molar-refractivity contribution >= 4 is 17.8 Å². The third-order valence-electron chi connectivity index (χ3n) is 4.36. The van der Waals surface area contributed by atoms with Crippen molar-refractivity contribution < 1.29 is 28.3 Å². The monoisotopic (exact) mass is 361 g/mol. The van der Waals surface area contributed by atoms with E-state index in [9.17, 15) is 19.5 Å². The predicted molar refractivity (Wildman–Crippen MR) is 87.8 cm³/mol. The zero-order valence-corrected chi connectivity index (χ0v) is 14.2. The molecule has 3 heterocycles. The van der Waals surface area contributed by atoms with Crippen LogP contribution in [0.4, 0.5) is 4.79 Å². The summed E-state index contributed by atoms with van der Waals surface area (Å²) >= 11 is 0. The predicted octanol–water partition coefficient (Wildman–Crippen LogP) is 0.509. The fourth-order valence-corrected chi connectivity index (χ4v) is 2.81. The van der Waals surface area contributed by atoms with Crippen LogP contribution in [-0.2, 0) is 15.2 Å². The second kappa shape index (κ2) is 7.04. The number of likely N-dealkylation sites (N-methyl/N-ethyl adjacent to an activating group) is 1. The molecule has 1 aliphatic rings. The van der Waals surface area contributed by atoms with E-state index in [1.807, 2.05) is 0 Å². The number of imide groups is 1. The Hall–Kier alpha value is -3.07. The van der Waals surface area contributed by atoms with E-state index in [1.54, 1.807) is 25.1 Å². The smallest absolute Gasteiger partial charge is 0.324 e. The number of urea groups is 1. The van der Waals surface area contributed by atoms with Crippen molar-refractivity contribution in [3.05, 3.63) is 48.3 Å². The Balaban J connectivity index is 1.73. The first-order valence-electron chi connectivity index (χ1n) is 8.15. The maximum Gasteiger partial charge on any atom is 0.324 e. The first-order chi connectivity index (χ1) is 12.5. The maximum absolute atomic E-state index is 12.4. The van der Waals surface area contributed by atoms with Gasteiger partial charge in [0.05, 0.1) is 25.3 Å². The molecule has 26 heavy (non-hydrogen) atoms. The van der Waals surface area contributed by atoms with Gasteiger partial charge in [-0.1, -0.05) is 0 Å². The highest BCUT2D eigenvalue weighted by Crippen LogP contribution is 2.29. The van der Waals surface area contributed by atoms with Crippen LogP contribution in [0.3, 0.4) is 0 Å². The van der Waals surface area contributed by atoms with E-state index in [-0.39, 0.29) is 25.4 Å². The Labute approximate surface area is 149 Å². The van der Waals surface area contributed by atoms with E-state index in [4.69, 9.17) is 8.83 Å². The third-order valence-corrected chi connectivity index (χ3v) is 4.36. The number of nitrogens with one attached hydrogen (secondary N) is 1. The Morgan fingerprint density at radius 2 is 2.08 bits per heavy atom. The van der Waals surface area contributed by atoms with E-state index in [2.05, 4.69) is 5.32 Å². The molecule has 1 saturated heterocycles. The molecule has 0 bridgehead atoms. The number of carbonyl (C=O) groups excluding carboxylic acids is 3. The van der Waals surface area contributed by atoms with Crippen molar-refractivity contribution in [3.8, 4) is 0 Å². The van der Waals surface area contributed by atoms with Gasteiger partial charge in [0, 0.05) is 25.2 Å². The summed E-state index contributed by atoms with van der Waals surface area (Å²) in [6.07, 6.45) is 4.12. The fourth-order valence-electron chi connectivity index (χ4n) is 2.81. The third kappa shape index (κ3) is 3.08. The van der Waals surface area contributed by atoms with Crippen LogP contribution in [0.5, 0.6) is 0 Å². The second-order valence-electron chi connectivity index (χ2n) is 5.85. The largest absolute Gasteiger partial charge is 0.472 e. The number of piperazine rings is 1. The molecule has 1 fully saturated rings. The zero-order chi connectivity index (χ0) is 18.7. The summed E-state index contributed by atoms with van der Waals surface area (Å²) in [7, 11) is 0. The molecule has 0 aliphatic carbocycles. The molecular formula is C17H19N3O6. The molecule has 0 radical (unpaired) electrons. The Morgan fingerprint density at radius 3 is 2.69 bits per heavy atom. The topological polar surface area (TPSA) is 116 Å². The van der Waals surface area contributed by atoms with E-state index >= 15 is 0 Å². The van der Waals surface area contributed by atoms with Crippen LogP contribution >= 0.6 is 0 Å². The lowest BCUT2D eigenvalue weighted by Gasteiger charge is -2.32. The van der Waals surface area contributed by atoms with Crippen molar-refractivity contribution in [3.63, 3.8) is 0 Å². The van der Waals surface area contributed by atoms with Crippen molar-refractivity contribution in [1.82, 2.24) is 15.1 Å². The number of amides is 4. The molecule has 4 amide bonds. The van der Waals surface area contributed by atoms with Crippen LogP contribution in [-0.4, -0.2) is 58.9 Å². The van der Waals surface area contributed by atoms with Gasteiger partial charge < -0.3 is 24.2 Å². The quantitative estimate of drug-likeness (QED) is 0.750. The summed E-state index contributed by atoms with van der Waals surface area (Å²) in [4.78, 5) is 38.6. The number of furan rings is 2.